The molecule has 2 saturated heterocycles. The normalized spacial score (nSPS) is 25.2. The Bertz CT molecular complexity index is 1460. The average Bonchev–Trinajstić information content (AvgIpc) is 3.42. The number of allylic oxidation sites excluding steroid dienone is 2. The zero-order chi connectivity index (χ0) is 25.7. The zero-order valence-electron chi connectivity index (χ0n) is 20.4. The second kappa shape index (κ2) is 9.00. The van der Waals surface area contributed by atoms with Crippen LogP contribution in [0.3, 0.4) is 0 Å². The van der Waals surface area contributed by atoms with Gasteiger partial charge in [0, 0.05) is 18.4 Å². The van der Waals surface area contributed by atoms with Gasteiger partial charge in [-0.3, -0.25) is 24.1 Å². The fraction of sp³-hybridized carbons (Fsp3) is 0.267. The molecule has 186 valence electrons. The number of ether oxygens (including phenoxy) is 1. The van der Waals surface area contributed by atoms with Gasteiger partial charge < -0.3 is 9.64 Å². The number of anilines is 2. The number of carbonyl (C=O) groups excluding carboxylic acids is 4. The molecule has 0 spiro atoms. The highest BCUT2D eigenvalue weighted by Gasteiger charge is 2.50. The summed E-state index contributed by atoms with van der Waals surface area (Å²) in [5, 5.41) is 1.98. The number of imide groups is 1. The van der Waals surface area contributed by atoms with Crippen LogP contribution in [0, 0.1) is 23.7 Å². The van der Waals surface area contributed by atoms with Crippen LogP contribution in [0.2, 0.25) is 0 Å². The van der Waals surface area contributed by atoms with Crippen LogP contribution in [0.5, 0.6) is 5.75 Å². The molecule has 3 aliphatic rings. The highest BCUT2D eigenvalue weighted by atomic mass is 16.5. The van der Waals surface area contributed by atoms with Gasteiger partial charge in [0.15, 0.2) is 0 Å². The minimum absolute atomic E-state index is 0.0167. The highest BCUT2D eigenvalue weighted by Crippen LogP contribution is 2.40. The average molecular weight is 495 g/mol. The van der Waals surface area contributed by atoms with Gasteiger partial charge in [0.1, 0.15) is 5.75 Å². The van der Waals surface area contributed by atoms with Crippen molar-refractivity contribution in [3.8, 4) is 5.75 Å². The molecule has 0 bridgehead atoms. The van der Waals surface area contributed by atoms with Crippen LogP contribution in [0.15, 0.2) is 78.9 Å². The van der Waals surface area contributed by atoms with Crippen LogP contribution < -0.4 is 14.5 Å². The first-order chi connectivity index (χ1) is 17.9. The molecular weight excluding hydrogens is 468 g/mol. The lowest BCUT2D eigenvalue weighted by Gasteiger charge is -2.22. The van der Waals surface area contributed by atoms with Gasteiger partial charge >= 0.3 is 5.97 Å². The molecule has 37 heavy (non-hydrogen) atoms. The summed E-state index contributed by atoms with van der Waals surface area (Å²) in [7, 11) is 0. The van der Waals surface area contributed by atoms with Gasteiger partial charge in [-0.05, 0) is 48.1 Å². The first-order valence-corrected chi connectivity index (χ1v) is 12.6. The summed E-state index contributed by atoms with van der Waals surface area (Å²) >= 11 is 0. The predicted molar refractivity (Wildman–Crippen MR) is 139 cm³/mol. The van der Waals surface area contributed by atoms with E-state index in [0.29, 0.717) is 17.9 Å². The van der Waals surface area contributed by atoms with Crippen molar-refractivity contribution in [2.75, 3.05) is 16.3 Å². The van der Waals surface area contributed by atoms with Crippen LogP contribution in [-0.4, -0.2) is 30.2 Å². The molecule has 1 aliphatic carbocycles. The Labute approximate surface area is 214 Å². The molecule has 3 aromatic carbocycles. The van der Waals surface area contributed by atoms with Crippen LogP contribution in [0.1, 0.15) is 19.8 Å². The predicted octanol–water partition coefficient (Wildman–Crippen LogP) is 4.50. The zero-order valence-corrected chi connectivity index (χ0v) is 20.4. The molecule has 2 aliphatic heterocycles. The number of fused-ring (bicyclic) bond motifs is 2. The van der Waals surface area contributed by atoms with Gasteiger partial charge in [-0.15, -0.1) is 0 Å². The summed E-state index contributed by atoms with van der Waals surface area (Å²) in [6.07, 6.45) is 4.61. The van der Waals surface area contributed by atoms with E-state index in [1.165, 1.54) is 4.90 Å². The molecule has 0 unspecified atom stereocenters. The number of hydrogen-bond donors (Lipinski definition) is 0. The number of amides is 3. The van der Waals surface area contributed by atoms with E-state index in [-0.39, 0.29) is 48.4 Å². The van der Waals surface area contributed by atoms with E-state index in [1.807, 2.05) is 61.5 Å². The molecule has 0 N–H and O–H groups in total. The third-order valence-corrected chi connectivity index (χ3v) is 7.70. The van der Waals surface area contributed by atoms with E-state index in [1.54, 1.807) is 29.2 Å². The van der Waals surface area contributed by atoms with E-state index < -0.39 is 11.9 Å². The van der Waals surface area contributed by atoms with Gasteiger partial charge in [-0.2, -0.15) is 0 Å². The fourth-order valence-electron chi connectivity index (χ4n) is 5.81. The van der Waals surface area contributed by atoms with Crippen LogP contribution in [-0.2, 0) is 19.2 Å². The summed E-state index contributed by atoms with van der Waals surface area (Å²) in [6, 6.07) is 20.0. The number of carbonyl (C=O) groups is 4. The summed E-state index contributed by atoms with van der Waals surface area (Å²) in [5.74, 6) is -1.91. The smallest absolute Gasteiger partial charge is 0.316 e. The maximum Gasteiger partial charge on any atom is 0.316 e. The maximum atomic E-state index is 13.0. The standard InChI is InChI=1S/C30H26N2O5/c1-18-6-4-10-24-27(18)29(35)32(28(24)34)21-12-14-22(15-13-21)37-30(36)20-16-26(33)31(17-20)25-11-5-8-19-7-2-3-9-23(19)25/h2-9,11-15,18,20,24,27H,10,16-17H2,1H3/t18-,20+,24+,27-/m1/s1. The third-order valence-electron chi connectivity index (χ3n) is 7.70. The third kappa shape index (κ3) is 3.91. The largest absolute Gasteiger partial charge is 0.426 e. The molecule has 3 aromatic rings. The molecule has 4 atom stereocenters. The Morgan fingerprint density at radius 3 is 2.46 bits per heavy atom. The van der Waals surface area contributed by atoms with Crippen molar-refractivity contribution in [1.82, 2.24) is 0 Å². The molecular formula is C30H26N2O5. The molecule has 0 radical (unpaired) electrons. The van der Waals surface area contributed by atoms with E-state index >= 15 is 0 Å². The Balaban J connectivity index is 1.15. The van der Waals surface area contributed by atoms with Crippen LogP contribution in [0.4, 0.5) is 11.4 Å². The first-order valence-electron chi connectivity index (χ1n) is 12.6. The van der Waals surface area contributed by atoms with Gasteiger partial charge in [0.05, 0.1) is 29.1 Å². The Morgan fingerprint density at radius 1 is 0.919 bits per heavy atom. The van der Waals surface area contributed by atoms with Crippen molar-refractivity contribution in [3.63, 3.8) is 0 Å². The van der Waals surface area contributed by atoms with Crippen molar-refractivity contribution in [3.05, 3.63) is 78.9 Å². The van der Waals surface area contributed by atoms with Crippen molar-refractivity contribution in [1.29, 1.82) is 0 Å². The van der Waals surface area contributed by atoms with E-state index in [2.05, 4.69) is 0 Å². The van der Waals surface area contributed by atoms with Crippen molar-refractivity contribution in [2.45, 2.75) is 19.8 Å². The fourth-order valence-corrected chi connectivity index (χ4v) is 5.81. The molecule has 2 heterocycles. The molecule has 3 amide bonds. The molecule has 0 saturated carbocycles. The minimum Gasteiger partial charge on any atom is -0.426 e. The van der Waals surface area contributed by atoms with Gasteiger partial charge in [0.2, 0.25) is 17.7 Å². The Kier molecular flexibility index (Phi) is 5.63. The van der Waals surface area contributed by atoms with Crippen LogP contribution >= 0.6 is 0 Å². The van der Waals surface area contributed by atoms with Crippen molar-refractivity contribution >= 4 is 45.8 Å². The van der Waals surface area contributed by atoms with Gasteiger partial charge in [-0.25, -0.2) is 0 Å². The second-order valence-electron chi connectivity index (χ2n) is 9.99. The van der Waals surface area contributed by atoms with E-state index in [0.717, 1.165) is 16.5 Å². The summed E-state index contributed by atoms with van der Waals surface area (Å²) < 4.78 is 5.59. The monoisotopic (exact) mass is 494 g/mol. The number of hydrogen-bond acceptors (Lipinski definition) is 5. The topological polar surface area (TPSA) is 84.0 Å². The summed E-state index contributed by atoms with van der Waals surface area (Å²) in [5.41, 5.74) is 1.25. The van der Waals surface area contributed by atoms with Gasteiger partial charge in [-0.1, -0.05) is 55.5 Å². The van der Waals surface area contributed by atoms with E-state index in [9.17, 15) is 19.2 Å². The first kappa shape index (κ1) is 23.2. The van der Waals surface area contributed by atoms with Crippen LogP contribution in [0.25, 0.3) is 10.8 Å². The highest BCUT2D eigenvalue weighted by molar-refractivity contribution is 6.22. The lowest BCUT2D eigenvalue weighted by Crippen LogP contribution is -2.31. The molecule has 7 nitrogen and oxygen atoms in total. The Morgan fingerprint density at radius 2 is 1.68 bits per heavy atom. The van der Waals surface area contributed by atoms with Gasteiger partial charge in [0.25, 0.3) is 0 Å². The molecule has 0 aromatic heterocycles. The molecule has 7 heteroatoms. The second-order valence-corrected chi connectivity index (χ2v) is 9.99. The maximum absolute atomic E-state index is 13.0. The van der Waals surface area contributed by atoms with Crippen molar-refractivity contribution in [2.24, 2.45) is 23.7 Å². The molecule has 6 rings (SSSR count). The Hall–Kier alpha value is -4.26. The van der Waals surface area contributed by atoms with E-state index in [4.69, 9.17) is 4.74 Å². The van der Waals surface area contributed by atoms with Crippen molar-refractivity contribution < 1.29 is 23.9 Å². The number of benzene rings is 3. The lowest BCUT2D eigenvalue weighted by molar-refractivity contribution is -0.139. The summed E-state index contributed by atoms with van der Waals surface area (Å²) in [4.78, 5) is 54.6. The minimum atomic E-state index is -0.593. The number of nitrogens with zero attached hydrogens (tertiary/aromatic N) is 2. The lowest BCUT2D eigenvalue weighted by atomic mass is 9.78. The SMILES string of the molecule is C[C@@H]1C=CC[C@@H]2C(=O)N(c3ccc(OC(=O)[C@H]4CC(=O)N(c5cccc6ccccc56)C4)cc3)C(=O)[C@H]12. The number of esters is 1. The molecule has 2 fully saturated rings. The number of rotatable bonds is 4. The summed E-state index contributed by atoms with van der Waals surface area (Å²) in [6.45, 7) is 2.20. The quantitative estimate of drug-likeness (QED) is 0.231.